The molecule has 0 aromatic heterocycles. The zero-order valence-corrected chi connectivity index (χ0v) is 11.6. The number of hydrogen-bond donors (Lipinski definition) is 0. The van der Waals surface area contributed by atoms with E-state index in [1.165, 1.54) is 51.6 Å². The molecule has 0 saturated carbocycles. The van der Waals surface area contributed by atoms with Crippen molar-refractivity contribution in [2.75, 3.05) is 20.1 Å². The molecule has 0 fully saturated rings. The van der Waals surface area contributed by atoms with Gasteiger partial charge in [0, 0.05) is 0 Å². The Kier molecular flexibility index (Phi) is 8.13. The van der Waals surface area contributed by atoms with Crippen LogP contribution in [0.2, 0.25) is 0 Å². The van der Waals surface area contributed by atoms with Crippen LogP contribution in [0.1, 0.15) is 66.2 Å². The van der Waals surface area contributed by atoms with E-state index in [1.54, 1.807) is 0 Å². The first-order valence-electron chi connectivity index (χ1n) is 6.64. The molecule has 0 heterocycles. The molecule has 0 atom stereocenters. The maximum absolute atomic E-state index is 2.45. The summed E-state index contributed by atoms with van der Waals surface area (Å²) in [4.78, 5) is 2.45. The van der Waals surface area contributed by atoms with E-state index in [-0.39, 0.29) is 0 Å². The van der Waals surface area contributed by atoms with E-state index in [4.69, 9.17) is 0 Å². The summed E-state index contributed by atoms with van der Waals surface area (Å²) in [6, 6.07) is 0. The highest BCUT2D eigenvalue weighted by molar-refractivity contribution is 4.61. The van der Waals surface area contributed by atoms with E-state index in [9.17, 15) is 0 Å². The summed E-state index contributed by atoms with van der Waals surface area (Å²) in [7, 11) is 2.23. The molecule has 0 aromatic carbocycles. The first kappa shape index (κ1) is 15.0. The third-order valence-electron chi connectivity index (χ3n) is 2.82. The summed E-state index contributed by atoms with van der Waals surface area (Å²) < 4.78 is 0. The first-order chi connectivity index (χ1) is 6.95. The van der Waals surface area contributed by atoms with Crippen LogP contribution in [0.15, 0.2) is 0 Å². The highest BCUT2D eigenvalue weighted by atomic mass is 15.1. The van der Waals surface area contributed by atoms with E-state index < -0.39 is 0 Å². The van der Waals surface area contributed by atoms with Crippen LogP contribution in [0.5, 0.6) is 0 Å². The Balaban J connectivity index is 3.18. The summed E-state index contributed by atoms with van der Waals surface area (Å²) in [5.74, 6) is 0. The normalized spacial score (nSPS) is 12.4. The second-order valence-corrected chi connectivity index (χ2v) is 6.03. The summed E-state index contributed by atoms with van der Waals surface area (Å²) in [6.07, 6.45) is 8.25. The third kappa shape index (κ3) is 11.9. The van der Waals surface area contributed by atoms with E-state index >= 15 is 0 Å². The zero-order chi connectivity index (χ0) is 11.7. The number of nitrogens with zero attached hydrogens (tertiary/aromatic N) is 1. The molecular formula is C14H31N. The molecule has 0 radical (unpaired) electrons. The number of rotatable bonds is 8. The van der Waals surface area contributed by atoms with Crippen molar-refractivity contribution < 1.29 is 0 Å². The highest BCUT2D eigenvalue weighted by Crippen LogP contribution is 2.22. The maximum atomic E-state index is 2.45. The fourth-order valence-electron chi connectivity index (χ4n) is 1.88. The molecule has 0 saturated heterocycles. The van der Waals surface area contributed by atoms with Crippen molar-refractivity contribution in [3.8, 4) is 0 Å². The lowest BCUT2D eigenvalue weighted by Gasteiger charge is -2.18. The van der Waals surface area contributed by atoms with E-state index in [1.807, 2.05) is 0 Å². The van der Waals surface area contributed by atoms with Gasteiger partial charge in [-0.1, -0.05) is 47.0 Å². The molecule has 0 bridgehead atoms. The second kappa shape index (κ2) is 8.15. The van der Waals surface area contributed by atoms with Gasteiger partial charge < -0.3 is 4.90 Å². The van der Waals surface area contributed by atoms with Crippen LogP contribution in [0, 0.1) is 5.41 Å². The average Bonchev–Trinajstić information content (AvgIpc) is 2.09. The van der Waals surface area contributed by atoms with E-state index in [0.29, 0.717) is 5.41 Å². The van der Waals surface area contributed by atoms with Gasteiger partial charge in [-0.15, -0.1) is 0 Å². The molecule has 0 spiro atoms. The topological polar surface area (TPSA) is 3.24 Å². The molecule has 0 N–H and O–H groups in total. The van der Waals surface area contributed by atoms with Crippen LogP contribution >= 0.6 is 0 Å². The quantitative estimate of drug-likeness (QED) is 0.543. The van der Waals surface area contributed by atoms with Gasteiger partial charge in [0.2, 0.25) is 0 Å². The molecule has 0 aromatic rings. The van der Waals surface area contributed by atoms with Crippen LogP contribution in [-0.4, -0.2) is 25.0 Å². The van der Waals surface area contributed by atoms with E-state index in [2.05, 4.69) is 39.6 Å². The Morgan fingerprint density at radius 2 is 1.47 bits per heavy atom. The van der Waals surface area contributed by atoms with Crippen molar-refractivity contribution in [3.05, 3.63) is 0 Å². The van der Waals surface area contributed by atoms with Crippen molar-refractivity contribution in [3.63, 3.8) is 0 Å². The lowest BCUT2D eigenvalue weighted by molar-refractivity contribution is 0.318. The summed E-state index contributed by atoms with van der Waals surface area (Å²) in [6.45, 7) is 11.8. The average molecular weight is 213 g/mol. The standard InChI is InChI=1S/C14H31N/c1-6-12-15(5)13-10-8-7-9-11-14(2,3)4/h6-13H2,1-5H3. The predicted molar refractivity (Wildman–Crippen MR) is 70.3 cm³/mol. The largest absolute Gasteiger partial charge is 0.306 e. The van der Waals surface area contributed by atoms with Crippen molar-refractivity contribution >= 4 is 0 Å². The fraction of sp³-hybridized carbons (Fsp3) is 1.00. The van der Waals surface area contributed by atoms with Gasteiger partial charge >= 0.3 is 0 Å². The number of unbranched alkanes of at least 4 members (excludes halogenated alkanes) is 3. The molecule has 0 aliphatic carbocycles. The maximum Gasteiger partial charge on any atom is -0.00218 e. The second-order valence-electron chi connectivity index (χ2n) is 6.03. The van der Waals surface area contributed by atoms with Crippen LogP contribution in [0.25, 0.3) is 0 Å². The first-order valence-corrected chi connectivity index (χ1v) is 6.64. The van der Waals surface area contributed by atoms with Crippen molar-refractivity contribution in [1.82, 2.24) is 4.90 Å². The number of hydrogen-bond acceptors (Lipinski definition) is 1. The van der Waals surface area contributed by atoms with Gasteiger partial charge in [0.25, 0.3) is 0 Å². The minimum absolute atomic E-state index is 0.527. The Labute approximate surface area is 97.2 Å². The van der Waals surface area contributed by atoms with Crippen LogP contribution < -0.4 is 0 Å². The zero-order valence-electron chi connectivity index (χ0n) is 11.6. The van der Waals surface area contributed by atoms with Gasteiger partial charge in [0.05, 0.1) is 0 Å². The molecular weight excluding hydrogens is 182 g/mol. The molecule has 0 aliphatic heterocycles. The summed E-state index contributed by atoms with van der Waals surface area (Å²) in [5.41, 5.74) is 0.527. The third-order valence-corrected chi connectivity index (χ3v) is 2.82. The smallest absolute Gasteiger partial charge is 0.00218 e. The van der Waals surface area contributed by atoms with Gasteiger partial charge in [-0.3, -0.25) is 0 Å². The summed E-state index contributed by atoms with van der Waals surface area (Å²) >= 11 is 0. The minimum atomic E-state index is 0.527. The van der Waals surface area contributed by atoms with Crippen LogP contribution in [-0.2, 0) is 0 Å². The summed E-state index contributed by atoms with van der Waals surface area (Å²) in [5, 5.41) is 0. The predicted octanol–water partition coefficient (Wildman–Crippen LogP) is 4.32. The molecule has 15 heavy (non-hydrogen) atoms. The Hall–Kier alpha value is -0.0400. The Morgan fingerprint density at radius 1 is 0.867 bits per heavy atom. The Morgan fingerprint density at radius 3 is 2.00 bits per heavy atom. The molecule has 0 amide bonds. The van der Waals surface area contributed by atoms with E-state index in [0.717, 1.165) is 0 Å². The monoisotopic (exact) mass is 213 g/mol. The van der Waals surface area contributed by atoms with Crippen molar-refractivity contribution in [2.45, 2.75) is 66.2 Å². The van der Waals surface area contributed by atoms with Gasteiger partial charge in [-0.25, -0.2) is 0 Å². The molecule has 0 rings (SSSR count). The SMILES string of the molecule is CCCN(C)CCCCCCC(C)(C)C. The Bertz CT molecular complexity index is 135. The van der Waals surface area contributed by atoms with Crippen molar-refractivity contribution in [1.29, 1.82) is 0 Å². The molecule has 1 nitrogen and oxygen atoms in total. The van der Waals surface area contributed by atoms with Crippen LogP contribution in [0.3, 0.4) is 0 Å². The molecule has 1 heteroatoms. The highest BCUT2D eigenvalue weighted by Gasteiger charge is 2.08. The lowest BCUT2D eigenvalue weighted by Crippen LogP contribution is -2.20. The fourth-order valence-corrected chi connectivity index (χ4v) is 1.88. The van der Waals surface area contributed by atoms with Gasteiger partial charge in [-0.05, 0) is 44.8 Å². The van der Waals surface area contributed by atoms with Gasteiger partial charge in [0.1, 0.15) is 0 Å². The van der Waals surface area contributed by atoms with Gasteiger partial charge in [0.15, 0.2) is 0 Å². The lowest BCUT2D eigenvalue weighted by atomic mass is 9.89. The molecule has 0 unspecified atom stereocenters. The minimum Gasteiger partial charge on any atom is -0.306 e. The van der Waals surface area contributed by atoms with Crippen LogP contribution in [0.4, 0.5) is 0 Å². The molecule has 0 aliphatic rings. The molecule has 92 valence electrons. The van der Waals surface area contributed by atoms with Crippen molar-refractivity contribution in [2.24, 2.45) is 5.41 Å². The van der Waals surface area contributed by atoms with Gasteiger partial charge in [-0.2, -0.15) is 0 Å².